The molecular weight excluding hydrogens is 551 g/mol. The van der Waals surface area contributed by atoms with Crippen LogP contribution in [0, 0.1) is 0 Å². The van der Waals surface area contributed by atoms with Gasteiger partial charge in [0.15, 0.2) is 0 Å². The summed E-state index contributed by atoms with van der Waals surface area (Å²) in [4.78, 5) is 14.3. The minimum Gasteiger partial charge on any atom is -0.496 e. The average Bonchev–Trinajstić information content (AvgIpc) is 3.47. The monoisotopic (exact) mass is 589 g/mol. The van der Waals surface area contributed by atoms with Crippen LogP contribution >= 0.6 is 0 Å². The summed E-state index contributed by atoms with van der Waals surface area (Å²) >= 11 is 0. The lowest BCUT2D eigenvalue weighted by molar-refractivity contribution is -0.153. The second-order valence-electron chi connectivity index (χ2n) is 12.0. The van der Waals surface area contributed by atoms with Crippen molar-refractivity contribution < 1.29 is 27.1 Å². The van der Waals surface area contributed by atoms with Gasteiger partial charge in [-0.3, -0.25) is 9.69 Å². The van der Waals surface area contributed by atoms with E-state index >= 15 is 0 Å². The van der Waals surface area contributed by atoms with Crippen LogP contribution < -0.4 is 4.74 Å². The standard InChI is InChI=1S/C36H38F3NO3/c1-24(41)35(2,3)29-10-7-9-28(20-29)26-14-12-25(13-15-26)21-40(22-30-17-19-34(43-30)36(37,38)39)23-32-31-11-6-5-8-27(31)16-18-33(32)42-4/h7,9-10,12-20H,5-6,8,11,21-23H2,1-4H3. The van der Waals surface area contributed by atoms with Gasteiger partial charge in [0.05, 0.1) is 13.7 Å². The Morgan fingerprint density at radius 3 is 2.30 bits per heavy atom. The summed E-state index contributed by atoms with van der Waals surface area (Å²) in [5.41, 5.74) is 7.14. The van der Waals surface area contributed by atoms with Crippen molar-refractivity contribution >= 4 is 5.78 Å². The number of carbonyl (C=O) groups is 1. The first-order valence-corrected chi connectivity index (χ1v) is 14.7. The van der Waals surface area contributed by atoms with Crippen molar-refractivity contribution in [2.45, 2.75) is 77.7 Å². The maximum absolute atomic E-state index is 13.3. The minimum absolute atomic E-state index is 0.107. The molecule has 1 aromatic heterocycles. The molecule has 0 radical (unpaired) electrons. The summed E-state index contributed by atoms with van der Waals surface area (Å²) in [5.74, 6) is 0.175. The molecule has 0 saturated carbocycles. The molecule has 0 aliphatic heterocycles. The van der Waals surface area contributed by atoms with Crippen LogP contribution in [0.15, 0.2) is 77.2 Å². The Labute approximate surface area is 251 Å². The van der Waals surface area contributed by atoms with Crippen LogP contribution in [-0.2, 0) is 48.9 Å². The van der Waals surface area contributed by atoms with Gasteiger partial charge in [0.1, 0.15) is 17.3 Å². The number of carbonyl (C=O) groups excluding carboxylic acids is 1. The zero-order valence-electron chi connectivity index (χ0n) is 25.2. The van der Waals surface area contributed by atoms with E-state index in [4.69, 9.17) is 9.15 Å². The highest BCUT2D eigenvalue weighted by Crippen LogP contribution is 2.35. The van der Waals surface area contributed by atoms with E-state index in [2.05, 4.69) is 17.0 Å². The zero-order chi connectivity index (χ0) is 30.8. The van der Waals surface area contributed by atoms with E-state index in [1.165, 1.54) is 17.2 Å². The van der Waals surface area contributed by atoms with Crippen LogP contribution in [0.3, 0.4) is 0 Å². The van der Waals surface area contributed by atoms with Gasteiger partial charge in [-0.25, -0.2) is 0 Å². The molecule has 0 spiro atoms. The van der Waals surface area contributed by atoms with Crippen LogP contribution in [0.1, 0.15) is 73.0 Å². The molecule has 226 valence electrons. The Morgan fingerprint density at radius 2 is 1.63 bits per heavy atom. The molecule has 0 saturated heterocycles. The van der Waals surface area contributed by atoms with Gasteiger partial charge in [0, 0.05) is 24.1 Å². The summed E-state index contributed by atoms with van der Waals surface area (Å²) in [6, 6.07) is 22.8. The number of aryl methyl sites for hydroxylation is 1. The van der Waals surface area contributed by atoms with Crippen LogP contribution in [0.25, 0.3) is 11.1 Å². The zero-order valence-corrected chi connectivity index (χ0v) is 25.2. The molecule has 4 nitrogen and oxygen atoms in total. The van der Waals surface area contributed by atoms with Crippen molar-refractivity contribution in [2.24, 2.45) is 0 Å². The molecule has 0 unspecified atom stereocenters. The molecule has 4 aromatic rings. The van der Waals surface area contributed by atoms with Gasteiger partial charge in [-0.1, -0.05) is 54.6 Å². The highest BCUT2D eigenvalue weighted by Gasteiger charge is 2.35. The Morgan fingerprint density at radius 1 is 0.884 bits per heavy atom. The first kappa shape index (κ1) is 30.6. The second kappa shape index (κ2) is 12.4. The smallest absolute Gasteiger partial charge is 0.449 e. The van der Waals surface area contributed by atoms with Crippen LogP contribution in [-0.4, -0.2) is 17.8 Å². The summed E-state index contributed by atoms with van der Waals surface area (Å²) in [6.45, 7) is 6.71. The second-order valence-corrected chi connectivity index (χ2v) is 12.0. The number of rotatable bonds is 10. The quantitative estimate of drug-likeness (QED) is 0.185. The maximum atomic E-state index is 13.3. The fourth-order valence-corrected chi connectivity index (χ4v) is 5.83. The van der Waals surface area contributed by atoms with E-state index in [0.717, 1.165) is 65.3 Å². The van der Waals surface area contributed by atoms with Gasteiger partial charge < -0.3 is 9.15 Å². The number of methoxy groups -OCH3 is 1. The third kappa shape index (κ3) is 6.88. The van der Waals surface area contributed by atoms with E-state index in [9.17, 15) is 18.0 Å². The third-order valence-corrected chi connectivity index (χ3v) is 8.69. The maximum Gasteiger partial charge on any atom is 0.449 e. The van der Waals surface area contributed by atoms with Crippen LogP contribution in [0.2, 0.25) is 0 Å². The van der Waals surface area contributed by atoms with Gasteiger partial charge in [0.25, 0.3) is 0 Å². The van der Waals surface area contributed by atoms with Gasteiger partial charge in [-0.05, 0) is 98.0 Å². The van der Waals surface area contributed by atoms with Crippen molar-refractivity contribution in [1.82, 2.24) is 4.90 Å². The lowest BCUT2D eigenvalue weighted by Crippen LogP contribution is -2.26. The molecule has 1 aliphatic carbocycles. The van der Waals surface area contributed by atoms with Crippen LogP contribution in [0.4, 0.5) is 13.2 Å². The largest absolute Gasteiger partial charge is 0.496 e. The van der Waals surface area contributed by atoms with E-state index in [0.29, 0.717) is 13.1 Å². The molecule has 0 atom stereocenters. The fraction of sp³-hybridized carbons (Fsp3) is 0.361. The first-order valence-electron chi connectivity index (χ1n) is 14.7. The molecule has 1 aliphatic rings. The van der Waals surface area contributed by atoms with Gasteiger partial charge in [-0.2, -0.15) is 13.2 Å². The molecule has 0 bridgehead atoms. The summed E-state index contributed by atoms with van der Waals surface area (Å²) < 4.78 is 50.8. The molecule has 3 aromatic carbocycles. The Kier molecular flexibility index (Phi) is 8.84. The molecule has 1 heterocycles. The number of ether oxygens (including phenoxy) is 1. The molecule has 0 amide bonds. The SMILES string of the molecule is COc1ccc2c(c1CN(Cc1ccc(-c3cccc(C(C)(C)C(C)=O)c3)cc1)Cc1ccc(C(F)(F)F)o1)CCCC2. The van der Waals surface area contributed by atoms with Crippen molar-refractivity contribution in [3.05, 3.63) is 112 Å². The van der Waals surface area contributed by atoms with E-state index in [1.54, 1.807) is 14.0 Å². The fourth-order valence-electron chi connectivity index (χ4n) is 5.83. The molecular formula is C36H38F3NO3. The first-order chi connectivity index (χ1) is 20.5. The minimum atomic E-state index is -4.53. The number of halogens is 3. The van der Waals surface area contributed by atoms with Gasteiger partial charge in [0.2, 0.25) is 5.76 Å². The summed E-state index contributed by atoms with van der Waals surface area (Å²) in [6.07, 6.45) is -0.296. The van der Waals surface area contributed by atoms with Crippen molar-refractivity contribution in [1.29, 1.82) is 0 Å². The Hall–Kier alpha value is -3.84. The molecule has 43 heavy (non-hydrogen) atoms. The number of ketones is 1. The highest BCUT2D eigenvalue weighted by atomic mass is 19.4. The molecule has 0 fully saturated rings. The number of furan rings is 1. The van der Waals surface area contributed by atoms with Gasteiger partial charge in [-0.15, -0.1) is 0 Å². The predicted molar refractivity (Wildman–Crippen MR) is 162 cm³/mol. The number of hydrogen-bond donors (Lipinski definition) is 0. The predicted octanol–water partition coefficient (Wildman–Crippen LogP) is 8.92. The molecule has 5 rings (SSSR count). The number of nitrogens with zero attached hydrogens (tertiary/aromatic N) is 1. The van der Waals surface area contributed by atoms with Crippen LogP contribution in [0.5, 0.6) is 5.75 Å². The third-order valence-electron chi connectivity index (χ3n) is 8.69. The number of hydrogen-bond acceptors (Lipinski definition) is 4. The highest BCUT2D eigenvalue weighted by molar-refractivity contribution is 5.87. The number of alkyl halides is 3. The van der Waals surface area contributed by atoms with Crippen molar-refractivity contribution in [3.63, 3.8) is 0 Å². The lowest BCUT2D eigenvalue weighted by Gasteiger charge is -2.27. The van der Waals surface area contributed by atoms with Crippen molar-refractivity contribution in [3.8, 4) is 16.9 Å². The average molecular weight is 590 g/mol. The van der Waals surface area contributed by atoms with E-state index in [-0.39, 0.29) is 18.1 Å². The summed E-state index contributed by atoms with van der Waals surface area (Å²) in [7, 11) is 1.66. The van der Waals surface area contributed by atoms with Crippen molar-refractivity contribution in [2.75, 3.05) is 7.11 Å². The molecule has 7 heteroatoms. The topological polar surface area (TPSA) is 42.7 Å². The number of fused-ring (bicyclic) bond motifs is 1. The molecule has 0 N–H and O–H groups in total. The lowest BCUT2D eigenvalue weighted by atomic mass is 9.80. The normalized spacial score (nSPS) is 13.7. The number of Topliss-reactive ketones (excluding diaryl/α,β-unsaturated/α-hetero) is 1. The van der Waals surface area contributed by atoms with Gasteiger partial charge >= 0.3 is 6.18 Å². The summed E-state index contributed by atoms with van der Waals surface area (Å²) in [5, 5.41) is 0. The number of benzene rings is 3. The van der Waals surface area contributed by atoms with E-state index in [1.807, 2.05) is 62.4 Å². The Bertz CT molecular complexity index is 1580. The van der Waals surface area contributed by atoms with E-state index < -0.39 is 17.4 Å². The Balaban J connectivity index is 1.43.